The number of hydroxylamine groups is 1. The zero-order chi connectivity index (χ0) is 23.8. The molecule has 2 N–H and O–H groups in total. The van der Waals surface area contributed by atoms with Crippen LogP contribution in [0.25, 0.3) is 0 Å². The van der Waals surface area contributed by atoms with Crippen LogP contribution >= 0.6 is 12.4 Å². The number of methoxy groups -OCH3 is 1. The molecule has 1 saturated carbocycles. The SMILES string of the molecule is CCO[C@H]1CC[C@H](CC(=O)NN(O)Cc2cccnc2S(=O)(=O)c2ccc(OC)cc2)CC1.Cl. The molecule has 0 saturated heterocycles. The van der Waals surface area contributed by atoms with Crippen LogP contribution in [0, 0.1) is 5.92 Å². The summed E-state index contributed by atoms with van der Waals surface area (Å²) < 4.78 is 36.9. The monoisotopic (exact) mass is 513 g/mol. The van der Waals surface area contributed by atoms with Gasteiger partial charge in [0.15, 0.2) is 5.03 Å². The maximum atomic E-state index is 13.1. The summed E-state index contributed by atoms with van der Waals surface area (Å²) in [6, 6.07) is 9.10. The maximum absolute atomic E-state index is 13.1. The fourth-order valence-electron chi connectivity index (χ4n) is 4.04. The topological polar surface area (TPSA) is 118 Å². The average Bonchev–Trinajstić information content (AvgIpc) is 2.80. The third kappa shape index (κ3) is 7.38. The zero-order valence-corrected chi connectivity index (χ0v) is 21.0. The largest absolute Gasteiger partial charge is 0.497 e. The smallest absolute Gasteiger partial charge is 0.236 e. The van der Waals surface area contributed by atoms with Gasteiger partial charge in [-0.1, -0.05) is 11.2 Å². The highest BCUT2D eigenvalue weighted by molar-refractivity contribution is 7.91. The molecule has 9 nitrogen and oxygen atoms in total. The van der Waals surface area contributed by atoms with Gasteiger partial charge in [-0.25, -0.2) is 13.4 Å². The first-order valence-electron chi connectivity index (χ1n) is 11.0. The highest BCUT2D eigenvalue weighted by Crippen LogP contribution is 2.28. The number of halogens is 1. The van der Waals surface area contributed by atoms with Gasteiger partial charge in [-0.05, 0) is 68.9 Å². The van der Waals surface area contributed by atoms with E-state index in [9.17, 15) is 18.4 Å². The number of hydrogen-bond acceptors (Lipinski definition) is 8. The second kappa shape index (κ2) is 13.0. The summed E-state index contributed by atoms with van der Waals surface area (Å²) in [5.74, 6) is 0.450. The molecular formula is C23H32ClN3O6S. The Morgan fingerprint density at radius 2 is 1.85 bits per heavy atom. The standard InChI is InChI=1S/C23H31N3O6S.ClH/c1-3-32-20-8-6-17(7-9-20)15-22(27)25-26(28)16-18-5-4-14-24-23(18)33(29,30)21-12-10-19(31-2)11-13-21;/h4-5,10-14,17,20,28H,3,6-9,15-16H2,1-2H3,(H,25,27);1H/t17-,20-;. The lowest BCUT2D eigenvalue weighted by atomic mass is 9.85. The van der Waals surface area contributed by atoms with Crippen LogP contribution in [-0.2, 0) is 25.9 Å². The van der Waals surface area contributed by atoms with Gasteiger partial charge >= 0.3 is 0 Å². The lowest BCUT2D eigenvalue weighted by Crippen LogP contribution is -2.40. The molecule has 1 amide bonds. The summed E-state index contributed by atoms with van der Waals surface area (Å²) in [4.78, 5) is 16.5. The normalized spacial score (nSPS) is 18.2. The van der Waals surface area contributed by atoms with Crippen molar-refractivity contribution in [2.75, 3.05) is 13.7 Å². The molecule has 0 atom stereocenters. The van der Waals surface area contributed by atoms with Gasteiger partial charge in [0.25, 0.3) is 0 Å². The molecule has 11 heteroatoms. The Morgan fingerprint density at radius 1 is 1.18 bits per heavy atom. The molecule has 0 aliphatic heterocycles. The Hall–Kier alpha value is -2.24. The second-order valence-corrected chi connectivity index (χ2v) is 9.91. The van der Waals surface area contributed by atoms with Gasteiger partial charge in [0, 0.05) is 24.8 Å². The Balaban J connectivity index is 0.00000408. The molecule has 0 radical (unpaired) electrons. The van der Waals surface area contributed by atoms with E-state index >= 15 is 0 Å². The summed E-state index contributed by atoms with van der Waals surface area (Å²) >= 11 is 0. The van der Waals surface area contributed by atoms with E-state index in [2.05, 4.69) is 10.4 Å². The van der Waals surface area contributed by atoms with Crippen LogP contribution in [0.1, 0.15) is 44.6 Å². The number of aromatic nitrogens is 1. The van der Waals surface area contributed by atoms with Gasteiger partial charge < -0.3 is 9.47 Å². The molecule has 188 valence electrons. The van der Waals surface area contributed by atoms with Gasteiger partial charge in [-0.2, -0.15) is 0 Å². The molecular weight excluding hydrogens is 482 g/mol. The number of carbonyl (C=O) groups is 1. The number of hydrogen-bond donors (Lipinski definition) is 2. The fraction of sp³-hybridized carbons (Fsp3) is 0.478. The first-order chi connectivity index (χ1) is 15.8. The van der Waals surface area contributed by atoms with Crippen molar-refractivity contribution in [3.05, 3.63) is 48.2 Å². The zero-order valence-electron chi connectivity index (χ0n) is 19.3. The Bertz CT molecular complexity index is 1030. The van der Waals surface area contributed by atoms with Gasteiger partial charge in [0.05, 0.1) is 24.7 Å². The minimum atomic E-state index is -3.93. The highest BCUT2D eigenvalue weighted by Gasteiger charge is 2.26. The van der Waals surface area contributed by atoms with Crippen molar-refractivity contribution in [1.29, 1.82) is 0 Å². The number of benzene rings is 1. The van der Waals surface area contributed by atoms with E-state index in [1.165, 1.54) is 25.4 Å². The van der Waals surface area contributed by atoms with Crippen LogP contribution in [0.4, 0.5) is 0 Å². The van der Waals surface area contributed by atoms with E-state index in [1.807, 2.05) is 6.92 Å². The van der Waals surface area contributed by atoms with Gasteiger partial charge in [-0.3, -0.25) is 15.4 Å². The molecule has 2 aromatic rings. The summed E-state index contributed by atoms with van der Waals surface area (Å²) in [5, 5.41) is 10.7. The number of ether oxygens (including phenoxy) is 2. The van der Waals surface area contributed by atoms with Crippen LogP contribution in [0.2, 0.25) is 0 Å². The third-order valence-corrected chi connectivity index (χ3v) is 7.49. The third-order valence-electron chi connectivity index (χ3n) is 5.72. The Kier molecular flexibility index (Phi) is 10.7. The van der Waals surface area contributed by atoms with E-state index in [1.54, 1.807) is 24.3 Å². The Labute approximate surface area is 206 Å². The fourth-order valence-corrected chi connectivity index (χ4v) is 5.44. The molecule has 1 aliphatic carbocycles. The molecule has 1 fully saturated rings. The minimum absolute atomic E-state index is 0. The van der Waals surface area contributed by atoms with E-state index in [0.29, 0.717) is 23.9 Å². The van der Waals surface area contributed by atoms with Crippen molar-refractivity contribution in [2.24, 2.45) is 5.92 Å². The van der Waals surface area contributed by atoms with Crippen LogP contribution in [-0.4, -0.2) is 49.5 Å². The number of sulfone groups is 1. The number of carbonyl (C=O) groups excluding carboxylic acids is 1. The quantitative estimate of drug-likeness (QED) is 0.463. The lowest BCUT2D eigenvalue weighted by Gasteiger charge is -2.28. The van der Waals surface area contributed by atoms with Crippen molar-refractivity contribution in [3.63, 3.8) is 0 Å². The first kappa shape index (κ1) is 28.0. The predicted molar refractivity (Wildman–Crippen MR) is 127 cm³/mol. The molecule has 1 heterocycles. The number of rotatable bonds is 10. The molecule has 1 aromatic heterocycles. The van der Waals surface area contributed by atoms with Crippen molar-refractivity contribution in [3.8, 4) is 5.75 Å². The number of nitrogens with one attached hydrogen (secondary N) is 1. The van der Waals surface area contributed by atoms with E-state index in [0.717, 1.165) is 25.7 Å². The molecule has 0 unspecified atom stereocenters. The lowest BCUT2D eigenvalue weighted by molar-refractivity contribution is -0.166. The van der Waals surface area contributed by atoms with Gasteiger partial charge in [0.1, 0.15) is 5.75 Å². The molecule has 0 bridgehead atoms. The molecule has 0 spiro atoms. The summed E-state index contributed by atoms with van der Waals surface area (Å²) in [6.07, 6.45) is 5.58. The highest BCUT2D eigenvalue weighted by atomic mass is 35.5. The van der Waals surface area contributed by atoms with Crippen LogP contribution in [0.3, 0.4) is 0 Å². The van der Waals surface area contributed by atoms with Crippen LogP contribution in [0.15, 0.2) is 52.5 Å². The minimum Gasteiger partial charge on any atom is -0.497 e. The van der Waals surface area contributed by atoms with E-state index in [4.69, 9.17) is 9.47 Å². The van der Waals surface area contributed by atoms with Gasteiger partial charge in [0.2, 0.25) is 15.7 Å². The average molecular weight is 514 g/mol. The molecule has 3 rings (SSSR count). The van der Waals surface area contributed by atoms with Crippen molar-refractivity contribution >= 4 is 28.2 Å². The number of nitrogens with zero attached hydrogens (tertiary/aromatic N) is 2. The van der Waals surface area contributed by atoms with Crippen LogP contribution in [0.5, 0.6) is 5.75 Å². The predicted octanol–water partition coefficient (Wildman–Crippen LogP) is 3.55. The summed E-state index contributed by atoms with van der Waals surface area (Å²) in [7, 11) is -2.43. The number of hydrazine groups is 1. The Morgan fingerprint density at radius 3 is 2.47 bits per heavy atom. The number of amides is 1. The van der Waals surface area contributed by atoms with Crippen LogP contribution < -0.4 is 10.2 Å². The van der Waals surface area contributed by atoms with Crippen molar-refractivity contribution < 1.29 is 27.9 Å². The maximum Gasteiger partial charge on any atom is 0.236 e. The van der Waals surface area contributed by atoms with Crippen molar-refractivity contribution in [2.45, 2.75) is 61.6 Å². The summed E-state index contributed by atoms with van der Waals surface area (Å²) in [6.45, 7) is 2.44. The molecule has 1 aliphatic rings. The van der Waals surface area contributed by atoms with E-state index < -0.39 is 9.84 Å². The van der Waals surface area contributed by atoms with Crippen molar-refractivity contribution in [1.82, 2.24) is 15.6 Å². The first-order valence-corrected chi connectivity index (χ1v) is 12.5. The molecule has 34 heavy (non-hydrogen) atoms. The number of pyridine rings is 1. The molecule has 1 aromatic carbocycles. The van der Waals surface area contributed by atoms with Gasteiger partial charge in [-0.15, -0.1) is 12.4 Å². The second-order valence-electron chi connectivity index (χ2n) is 8.04. The van der Waals surface area contributed by atoms with E-state index in [-0.39, 0.29) is 52.4 Å². The summed E-state index contributed by atoms with van der Waals surface area (Å²) in [5.41, 5.74) is 2.68.